The highest BCUT2D eigenvalue weighted by Crippen LogP contribution is 2.24. The van der Waals surface area contributed by atoms with E-state index in [9.17, 15) is 8.78 Å². The Hall–Kier alpha value is -1.61. The third kappa shape index (κ3) is 2.79. The zero-order valence-electron chi connectivity index (χ0n) is 9.75. The van der Waals surface area contributed by atoms with Crippen LogP contribution in [0.15, 0.2) is 42.5 Å². The molecule has 2 aromatic rings. The number of benzene rings is 2. The molecule has 1 unspecified atom stereocenters. The molecule has 0 aromatic heterocycles. The first-order valence-corrected chi connectivity index (χ1v) is 5.91. The lowest BCUT2D eigenvalue weighted by Gasteiger charge is -2.16. The monoisotopic (exact) mass is 267 g/mol. The molecule has 0 aliphatic heterocycles. The first-order valence-electron chi connectivity index (χ1n) is 5.54. The Balaban J connectivity index is 2.21. The molecule has 0 amide bonds. The fourth-order valence-corrected chi connectivity index (χ4v) is 1.91. The maximum absolute atomic E-state index is 13.5. The predicted molar refractivity (Wildman–Crippen MR) is 69.8 cm³/mol. The highest BCUT2D eigenvalue weighted by Gasteiger charge is 2.11. The van der Waals surface area contributed by atoms with E-state index in [2.05, 4.69) is 5.32 Å². The summed E-state index contributed by atoms with van der Waals surface area (Å²) in [6.07, 6.45) is 0. The van der Waals surface area contributed by atoms with Crippen molar-refractivity contribution in [2.24, 2.45) is 0 Å². The molecule has 18 heavy (non-hydrogen) atoms. The molecule has 0 spiro atoms. The van der Waals surface area contributed by atoms with Gasteiger partial charge in [0.25, 0.3) is 0 Å². The Morgan fingerprint density at radius 1 is 1.11 bits per heavy atom. The highest BCUT2D eigenvalue weighted by atomic mass is 35.5. The lowest BCUT2D eigenvalue weighted by atomic mass is 10.1. The van der Waals surface area contributed by atoms with Gasteiger partial charge in [0, 0.05) is 11.1 Å². The van der Waals surface area contributed by atoms with E-state index < -0.39 is 11.6 Å². The van der Waals surface area contributed by atoms with Crippen molar-refractivity contribution in [3.63, 3.8) is 0 Å². The minimum atomic E-state index is -0.869. The van der Waals surface area contributed by atoms with Gasteiger partial charge >= 0.3 is 0 Å². The molecule has 0 bridgehead atoms. The van der Waals surface area contributed by atoms with Crippen LogP contribution in [-0.4, -0.2) is 0 Å². The number of hydrogen-bond donors (Lipinski definition) is 1. The van der Waals surface area contributed by atoms with Crippen molar-refractivity contribution in [3.05, 3.63) is 64.7 Å². The van der Waals surface area contributed by atoms with Crippen LogP contribution in [0.25, 0.3) is 0 Å². The summed E-state index contributed by atoms with van der Waals surface area (Å²) in [5, 5.41) is 3.53. The smallest absolute Gasteiger partial charge is 0.181 e. The average Bonchev–Trinajstić information content (AvgIpc) is 2.35. The van der Waals surface area contributed by atoms with Gasteiger partial charge in [0.05, 0.1) is 5.69 Å². The maximum atomic E-state index is 13.5. The number of anilines is 1. The summed E-state index contributed by atoms with van der Waals surface area (Å²) in [7, 11) is 0. The number of nitrogens with one attached hydrogen (secondary N) is 1. The van der Waals surface area contributed by atoms with Crippen LogP contribution in [0.3, 0.4) is 0 Å². The molecule has 4 heteroatoms. The van der Waals surface area contributed by atoms with Gasteiger partial charge in [-0.1, -0.05) is 29.8 Å². The standard InChI is InChI=1S/C14H12ClF2N/c1-9(10-4-2-5-11(15)8-10)18-13-7-3-6-12(16)14(13)17/h2-9,18H,1H3. The second-order valence-electron chi connectivity index (χ2n) is 4.02. The van der Waals surface area contributed by atoms with Gasteiger partial charge in [0.15, 0.2) is 11.6 Å². The van der Waals surface area contributed by atoms with Gasteiger partial charge < -0.3 is 5.32 Å². The zero-order chi connectivity index (χ0) is 13.1. The predicted octanol–water partition coefficient (Wildman–Crippen LogP) is 4.79. The molecule has 0 radical (unpaired) electrons. The van der Waals surface area contributed by atoms with E-state index in [1.807, 2.05) is 19.1 Å². The fraction of sp³-hybridized carbons (Fsp3) is 0.143. The van der Waals surface area contributed by atoms with E-state index in [0.29, 0.717) is 5.02 Å². The van der Waals surface area contributed by atoms with E-state index in [1.165, 1.54) is 12.1 Å². The Morgan fingerprint density at radius 3 is 2.56 bits per heavy atom. The van der Waals surface area contributed by atoms with E-state index in [0.717, 1.165) is 11.6 Å². The number of hydrogen-bond acceptors (Lipinski definition) is 1. The minimum Gasteiger partial charge on any atom is -0.376 e. The van der Waals surface area contributed by atoms with Crippen LogP contribution in [0.1, 0.15) is 18.5 Å². The van der Waals surface area contributed by atoms with Crippen molar-refractivity contribution in [1.29, 1.82) is 0 Å². The van der Waals surface area contributed by atoms with Crippen LogP contribution in [0.5, 0.6) is 0 Å². The molecule has 2 rings (SSSR count). The van der Waals surface area contributed by atoms with Crippen LogP contribution in [-0.2, 0) is 0 Å². The van der Waals surface area contributed by atoms with E-state index in [1.54, 1.807) is 12.1 Å². The van der Waals surface area contributed by atoms with Gasteiger partial charge in [0.2, 0.25) is 0 Å². The van der Waals surface area contributed by atoms with Crippen molar-refractivity contribution in [3.8, 4) is 0 Å². The molecule has 0 saturated carbocycles. The second-order valence-corrected chi connectivity index (χ2v) is 4.46. The first-order chi connectivity index (χ1) is 8.58. The van der Waals surface area contributed by atoms with Gasteiger partial charge in [-0.25, -0.2) is 8.78 Å². The van der Waals surface area contributed by atoms with Crippen molar-refractivity contribution in [1.82, 2.24) is 0 Å². The summed E-state index contributed by atoms with van der Waals surface area (Å²) < 4.78 is 26.6. The van der Waals surface area contributed by atoms with Gasteiger partial charge in [-0.05, 0) is 36.8 Å². The minimum absolute atomic E-state index is 0.141. The third-order valence-electron chi connectivity index (χ3n) is 2.67. The third-order valence-corrected chi connectivity index (χ3v) is 2.91. The zero-order valence-corrected chi connectivity index (χ0v) is 10.5. The molecule has 1 nitrogen and oxygen atoms in total. The Kier molecular flexibility index (Phi) is 3.82. The molecule has 1 atom stereocenters. The fourth-order valence-electron chi connectivity index (χ4n) is 1.71. The van der Waals surface area contributed by atoms with E-state index in [-0.39, 0.29) is 11.7 Å². The topological polar surface area (TPSA) is 12.0 Å². The van der Waals surface area contributed by atoms with Crippen molar-refractivity contribution in [2.75, 3.05) is 5.32 Å². The van der Waals surface area contributed by atoms with Crippen molar-refractivity contribution < 1.29 is 8.78 Å². The Bertz CT molecular complexity index is 557. The Labute approximate surface area is 109 Å². The molecule has 1 N–H and O–H groups in total. The Morgan fingerprint density at radius 2 is 1.83 bits per heavy atom. The summed E-state index contributed by atoms with van der Waals surface area (Å²) in [5.74, 6) is -1.73. The van der Waals surface area contributed by atoms with Crippen LogP contribution in [0.2, 0.25) is 5.02 Å². The molecular formula is C14H12ClF2N. The summed E-state index contributed by atoms with van der Waals surface area (Å²) in [4.78, 5) is 0. The van der Waals surface area contributed by atoms with Crippen LogP contribution in [0.4, 0.5) is 14.5 Å². The summed E-state index contributed by atoms with van der Waals surface area (Å²) >= 11 is 5.89. The normalized spacial score (nSPS) is 12.2. The van der Waals surface area contributed by atoms with Crippen molar-refractivity contribution >= 4 is 17.3 Å². The van der Waals surface area contributed by atoms with Gasteiger partial charge in [-0.2, -0.15) is 0 Å². The molecule has 0 heterocycles. The van der Waals surface area contributed by atoms with Crippen LogP contribution < -0.4 is 5.32 Å². The number of halogens is 3. The summed E-state index contributed by atoms with van der Waals surface area (Å²) in [6.45, 7) is 1.86. The molecule has 2 aromatic carbocycles. The lowest BCUT2D eigenvalue weighted by molar-refractivity contribution is 0.510. The lowest BCUT2D eigenvalue weighted by Crippen LogP contribution is -2.08. The molecule has 0 aliphatic rings. The van der Waals surface area contributed by atoms with Crippen molar-refractivity contribution in [2.45, 2.75) is 13.0 Å². The molecule has 0 aliphatic carbocycles. The highest BCUT2D eigenvalue weighted by molar-refractivity contribution is 6.30. The molecular weight excluding hydrogens is 256 g/mol. The number of rotatable bonds is 3. The second kappa shape index (κ2) is 5.36. The molecule has 94 valence electrons. The molecule has 0 fully saturated rings. The van der Waals surface area contributed by atoms with Gasteiger partial charge in [0.1, 0.15) is 0 Å². The van der Waals surface area contributed by atoms with E-state index >= 15 is 0 Å². The van der Waals surface area contributed by atoms with Gasteiger partial charge in [-0.15, -0.1) is 0 Å². The summed E-state index contributed by atoms with van der Waals surface area (Å²) in [5.41, 5.74) is 1.05. The molecule has 0 saturated heterocycles. The maximum Gasteiger partial charge on any atom is 0.181 e. The average molecular weight is 268 g/mol. The first kappa shape index (κ1) is 12.8. The quantitative estimate of drug-likeness (QED) is 0.843. The largest absolute Gasteiger partial charge is 0.376 e. The van der Waals surface area contributed by atoms with E-state index in [4.69, 9.17) is 11.6 Å². The van der Waals surface area contributed by atoms with Gasteiger partial charge in [-0.3, -0.25) is 0 Å². The van der Waals surface area contributed by atoms with Crippen LogP contribution >= 0.6 is 11.6 Å². The van der Waals surface area contributed by atoms with Crippen LogP contribution in [0, 0.1) is 11.6 Å². The SMILES string of the molecule is CC(Nc1cccc(F)c1F)c1cccc(Cl)c1. The summed E-state index contributed by atoms with van der Waals surface area (Å²) in [6, 6.07) is 11.1.